The highest BCUT2D eigenvalue weighted by molar-refractivity contribution is 7.99. The van der Waals surface area contributed by atoms with Crippen LogP contribution in [0.15, 0.2) is 23.1 Å². The van der Waals surface area contributed by atoms with Gasteiger partial charge < -0.3 is 11.1 Å². The number of hydrogen-bond donors (Lipinski definition) is 2. The van der Waals surface area contributed by atoms with Crippen LogP contribution >= 0.6 is 11.8 Å². The second-order valence-corrected chi connectivity index (χ2v) is 4.95. The highest BCUT2D eigenvalue weighted by Gasteiger charge is 2.07. The van der Waals surface area contributed by atoms with Gasteiger partial charge in [0, 0.05) is 22.7 Å². The number of carbonyl (C=O) groups excluding carboxylic acids is 1. The maximum atomic E-state index is 11.6. The van der Waals surface area contributed by atoms with Crippen LogP contribution in [0.4, 0.5) is 5.69 Å². The first-order chi connectivity index (χ1) is 8.19. The molecule has 1 amide bonds. The maximum Gasteiger partial charge on any atom is 0.251 e. The third-order valence-electron chi connectivity index (χ3n) is 2.36. The molecule has 0 aliphatic heterocycles. The van der Waals surface area contributed by atoms with E-state index in [-0.39, 0.29) is 5.91 Å². The van der Waals surface area contributed by atoms with E-state index >= 15 is 0 Å². The summed E-state index contributed by atoms with van der Waals surface area (Å²) in [5.41, 5.74) is 7.26. The Balaban J connectivity index is 2.68. The van der Waals surface area contributed by atoms with E-state index in [9.17, 15) is 4.79 Å². The molecule has 0 spiro atoms. The number of amides is 1. The molecule has 0 atom stereocenters. The van der Waals surface area contributed by atoms with E-state index < -0.39 is 0 Å². The van der Waals surface area contributed by atoms with Gasteiger partial charge in [-0.1, -0.05) is 13.3 Å². The first-order valence-electron chi connectivity index (χ1n) is 5.99. The van der Waals surface area contributed by atoms with Gasteiger partial charge in [0.2, 0.25) is 0 Å². The van der Waals surface area contributed by atoms with Gasteiger partial charge in [-0.25, -0.2) is 0 Å². The zero-order chi connectivity index (χ0) is 12.7. The van der Waals surface area contributed by atoms with Gasteiger partial charge in [-0.15, -0.1) is 11.8 Å². The number of nitrogens with one attached hydrogen (secondary N) is 1. The summed E-state index contributed by atoms with van der Waals surface area (Å²) < 4.78 is 0. The lowest BCUT2D eigenvalue weighted by Gasteiger charge is -2.07. The minimum absolute atomic E-state index is 0.0655. The van der Waals surface area contributed by atoms with Crippen LogP contribution in [0.2, 0.25) is 0 Å². The van der Waals surface area contributed by atoms with Crippen molar-refractivity contribution in [3.8, 4) is 0 Å². The van der Waals surface area contributed by atoms with Gasteiger partial charge in [0.15, 0.2) is 0 Å². The van der Waals surface area contributed by atoms with Crippen molar-refractivity contribution in [1.29, 1.82) is 0 Å². The lowest BCUT2D eigenvalue weighted by molar-refractivity contribution is 0.0956. The zero-order valence-corrected chi connectivity index (χ0v) is 11.3. The summed E-state index contributed by atoms with van der Waals surface area (Å²) in [6.07, 6.45) is 2.37. The Labute approximate surface area is 107 Å². The van der Waals surface area contributed by atoms with Crippen LogP contribution in [0.1, 0.15) is 37.0 Å². The SMILES string of the molecule is CCCCSc1ccc(C(=O)NCC)cc1N. The largest absolute Gasteiger partial charge is 0.398 e. The Bertz CT molecular complexity index is 380. The third kappa shape index (κ3) is 4.30. The first-order valence-corrected chi connectivity index (χ1v) is 6.98. The Morgan fingerprint density at radius 3 is 2.76 bits per heavy atom. The van der Waals surface area contributed by atoms with Crippen LogP contribution in [-0.2, 0) is 0 Å². The highest BCUT2D eigenvalue weighted by Crippen LogP contribution is 2.26. The minimum Gasteiger partial charge on any atom is -0.398 e. The summed E-state index contributed by atoms with van der Waals surface area (Å²) in [5, 5.41) is 2.76. The van der Waals surface area contributed by atoms with Crippen molar-refractivity contribution in [3.05, 3.63) is 23.8 Å². The summed E-state index contributed by atoms with van der Waals surface area (Å²) in [6, 6.07) is 5.51. The Morgan fingerprint density at radius 2 is 2.18 bits per heavy atom. The molecule has 0 aromatic heterocycles. The lowest BCUT2D eigenvalue weighted by atomic mass is 10.2. The van der Waals surface area contributed by atoms with Crippen molar-refractivity contribution in [2.75, 3.05) is 18.0 Å². The number of anilines is 1. The predicted molar refractivity (Wildman–Crippen MR) is 74.5 cm³/mol. The van der Waals surface area contributed by atoms with Crippen LogP contribution in [0, 0.1) is 0 Å². The van der Waals surface area contributed by atoms with E-state index in [1.807, 2.05) is 19.1 Å². The van der Waals surface area contributed by atoms with E-state index in [1.165, 1.54) is 12.8 Å². The number of nitrogen functional groups attached to an aromatic ring is 1. The van der Waals surface area contributed by atoms with Gasteiger partial charge in [0.25, 0.3) is 5.91 Å². The fourth-order valence-electron chi connectivity index (χ4n) is 1.41. The molecule has 1 aromatic carbocycles. The fourth-order valence-corrected chi connectivity index (χ4v) is 2.45. The van der Waals surface area contributed by atoms with Gasteiger partial charge in [0.1, 0.15) is 0 Å². The lowest BCUT2D eigenvalue weighted by Crippen LogP contribution is -2.22. The molecular formula is C13H20N2OS. The molecule has 0 radical (unpaired) electrons. The number of rotatable bonds is 6. The molecule has 94 valence electrons. The van der Waals surface area contributed by atoms with E-state index in [1.54, 1.807) is 17.8 Å². The van der Waals surface area contributed by atoms with E-state index in [2.05, 4.69) is 12.2 Å². The van der Waals surface area contributed by atoms with Gasteiger partial charge in [-0.2, -0.15) is 0 Å². The van der Waals surface area contributed by atoms with Crippen molar-refractivity contribution < 1.29 is 4.79 Å². The normalized spacial score (nSPS) is 10.2. The smallest absolute Gasteiger partial charge is 0.251 e. The molecule has 3 nitrogen and oxygen atoms in total. The maximum absolute atomic E-state index is 11.6. The van der Waals surface area contributed by atoms with Gasteiger partial charge in [-0.05, 0) is 37.3 Å². The van der Waals surface area contributed by atoms with Crippen LogP contribution < -0.4 is 11.1 Å². The number of thioether (sulfide) groups is 1. The Hall–Kier alpha value is -1.16. The summed E-state index contributed by atoms with van der Waals surface area (Å²) in [4.78, 5) is 12.7. The number of hydrogen-bond acceptors (Lipinski definition) is 3. The van der Waals surface area contributed by atoms with E-state index in [4.69, 9.17) is 5.73 Å². The summed E-state index contributed by atoms with van der Waals surface area (Å²) in [6.45, 7) is 4.70. The quantitative estimate of drug-likeness (QED) is 0.465. The third-order valence-corrected chi connectivity index (χ3v) is 3.54. The van der Waals surface area contributed by atoms with Crippen molar-refractivity contribution in [2.45, 2.75) is 31.6 Å². The monoisotopic (exact) mass is 252 g/mol. The predicted octanol–water partition coefficient (Wildman–Crippen LogP) is 2.91. The molecule has 0 bridgehead atoms. The van der Waals surface area contributed by atoms with Crippen LogP contribution in [0.25, 0.3) is 0 Å². The Morgan fingerprint density at radius 1 is 1.41 bits per heavy atom. The van der Waals surface area contributed by atoms with Crippen LogP contribution in [0.3, 0.4) is 0 Å². The Kier molecular flexibility index (Phi) is 5.91. The second kappa shape index (κ2) is 7.22. The molecule has 1 aromatic rings. The molecule has 0 fully saturated rings. The number of nitrogens with two attached hydrogens (primary N) is 1. The molecule has 0 saturated heterocycles. The molecule has 1 rings (SSSR count). The standard InChI is InChI=1S/C13H20N2OS/c1-3-5-8-17-12-7-6-10(9-11(12)14)13(16)15-4-2/h6-7,9H,3-5,8,14H2,1-2H3,(H,15,16). The van der Waals surface area contributed by atoms with Gasteiger partial charge in [-0.3, -0.25) is 4.79 Å². The number of carbonyl (C=O) groups is 1. The summed E-state index contributed by atoms with van der Waals surface area (Å²) in [7, 11) is 0. The molecule has 3 N–H and O–H groups in total. The van der Waals surface area contributed by atoms with Crippen molar-refractivity contribution in [2.24, 2.45) is 0 Å². The van der Waals surface area contributed by atoms with Crippen molar-refractivity contribution in [3.63, 3.8) is 0 Å². The number of benzene rings is 1. The summed E-state index contributed by atoms with van der Waals surface area (Å²) in [5.74, 6) is 1.01. The highest BCUT2D eigenvalue weighted by atomic mass is 32.2. The average molecular weight is 252 g/mol. The molecule has 0 saturated carbocycles. The van der Waals surface area contributed by atoms with Crippen molar-refractivity contribution in [1.82, 2.24) is 5.32 Å². The molecule has 0 aliphatic carbocycles. The van der Waals surface area contributed by atoms with Gasteiger partial charge in [0.05, 0.1) is 0 Å². The van der Waals surface area contributed by atoms with E-state index in [0.717, 1.165) is 10.6 Å². The van der Waals surface area contributed by atoms with Gasteiger partial charge >= 0.3 is 0 Å². The van der Waals surface area contributed by atoms with Crippen LogP contribution in [-0.4, -0.2) is 18.2 Å². The topological polar surface area (TPSA) is 55.1 Å². The molecular weight excluding hydrogens is 232 g/mol. The molecule has 0 unspecified atom stereocenters. The van der Waals surface area contributed by atoms with E-state index in [0.29, 0.717) is 17.8 Å². The molecule has 4 heteroatoms. The average Bonchev–Trinajstić information content (AvgIpc) is 2.31. The fraction of sp³-hybridized carbons (Fsp3) is 0.462. The molecule has 0 aliphatic rings. The van der Waals surface area contributed by atoms with Crippen molar-refractivity contribution >= 4 is 23.4 Å². The van der Waals surface area contributed by atoms with Crippen LogP contribution in [0.5, 0.6) is 0 Å². The zero-order valence-electron chi connectivity index (χ0n) is 10.5. The number of unbranched alkanes of at least 4 members (excludes halogenated alkanes) is 1. The second-order valence-electron chi connectivity index (χ2n) is 3.81. The molecule has 17 heavy (non-hydrogen) atoms. The summed E-state index contributed by atoms with van der Waals surface area (Å²) >= 11 is 1.75. The molecule has 0 heterocycles. The minimum atomic E-state index is -0.0655. The first kappa shape index (κ1) is 13.9.